The fraction of sp³-hybridized carbons (Fsp3) is 0.778. The molecule has 0 aliphatic rings. The summed E-state index contributed by atoms with van der Waals surface area (Å²) in [4.78, 5) is 14.8. The van der Waals surface area contributed by atoms with Crippen molar-refractivity contribution in [2.45, 2.75) is 6.42 Å². The van der Waals surface area contributed by atoms with Crippen LogP contribution < -0.4 is 5.73 Å². The molecule has 0 unspecified atom stereocenters. The van der Waals surface area contributed by atoms with Crippen LogP contribution in [0.25, 0.3) is 0 Å². The van der Waals surface area contributed by atoms with Crippen molar-refractivity contribution in [2.24, 2.45) is 5.73 Å². The van der Waals surface area contributed by atoms with Gasteiger partial charge in [0, 0.05) is 40.7 Å². The standard InChI is InChI=1S/C9H20N4O2/c1-12(2)9(14)13(6-7-15-3)5-4-8(10)11/h4-7H2,1-3H3,(H3,10,11). The molecular weight excluding hydrogens is 196 g/mol. The average Bonchev–Trinajstić information content (AvgIpc) is 2.16. The van der Waals surface area contributed by atoms with E-state index >= 15 is 0 Å². The van der Waals surface area contributed by atoms with E-state index in [0.717, 1.165) is 0 Å². The molecule has 0 bridgehead atoms. The molecule has 0 aromatic carbocycles. The lowest BCUT2D eigenvalue weighted by atomic mass is 10.3. The average molecular weight is 216 g/mol. The van der Waals surface area contributed by atoms with E-state index in [1.165, 1.54) is 4.90 Å². The predicted octanol–water partition coefficient (Wildman–Crippen LogP) is -0.0575. The number of amidine groups is 1. The first-order valence-corrected chi connectivity index (χ1v) is 4.77. The summed E-state index contributed by atoms with van der Waals surface area (Å²) in [6.45, 7) is 1.45. The van der Waals surface area contributed by atoms with Crippen LogP contribution in [-0.4, -0.2) is 62.6 Å². The van der Waals surface area contributed by atoms with Gasteiger partial charge >= 0.3 is 6.03 Å². The number of carbonyl (C=O) groups is 1. The second kappa shape index (κ2) is 7.05. The van der Waals surface area contributed by atoms with Gasteiger partial charge in [-0.1, -0.05) is 0 Å². The van der Waals surface area contributed by atoms with Crippen molar-refractivity contribution in [1.82, 2.24) is 9.80 Å². The summed E-state index contributed by atoms with van der Waals surface area (Å²) < 4.78 is 4.91. The van der Waals surface area contributed by atoms with Crippen LogP contribution in [0.2, 0.25) is 0 Å². The topological polar surface area (TPSA) is 82.6 Å². The van der Waals surface area contributed by atoms with Gasteiger partial charge in [-0.15, -0.1) is 0 Å². The second-order valence-corrected chi connectivity index (χ2v) is 3.43. The largest absolute Gasteiger partial charge is 0.388 e. The quantitative estimate of drug-likeness (QED) is 0.482. The van der Waals surface area contributed by atoms with Crippen LogP contribution in [0.3, 0.4) is 0 Å². The maximum atomic E-state index is 11.6. The normalized spacial score (nSPS) is 9.80. The molecule has 3 N–H and O–H groups in total. The molecule has 2 amide bonds. The van der Waals surface area contributed by atoms with Crippen LogP contribution in [0, 0.1) is 5.41 Å². The molecular formula is C9H20N4O2. The first-order chi connectivity index (χ1) is 6.99. The van der Waals surface area contributed by atoms with Gasteiger partial charge in [0.05, 0.1) is 12.4 Å². The van der Waals surface area contributed by atoms with Crippen molar-refractivity contribution in [3.05, 3.63) is 0 Å². The Bertz CT molecular complexity index is 218. The third-order valence-corrected chi connectivity index (χ3v) is 1.87. The summed E-state index contributed by atoms with van der Waals surface area (Å²) in [5, 5.41) is 7.11. The fourth-order valence-corrected chi connectivity index (χ4v) is 1.04. The Hall–Kier alpha value is -1.30. The minimum absolute atomic E-state index is 0.0870. The SMILES string of the molecule is COCCN(CCC(=N)N)C(=O)N(C)C. The molecule has 0 radical (unpaired) electrons. The summed E-state index contributed by atoms with van der Waals surface area (Å²) >= 11 is 0. The van der Waals surface area contributed by atoms with Gasteiger partial charge in [-0.3, -0.25) is 5.41 Å². The number of ether oxygens (including phenoxy) is 1. The molecule has 0 rings (SSSR count). The Morgan fingerprint density at radius 1 is 1.40 bits per heavy atom. The molecule has 6 heteroatoms. The van der Waals surface area contributed by atoms with Gasteiger partial charge in [0.15, 0.2) is 0 Å². The zero-order valence-corrected chi connectivity index (χ0v) is 9.62. The van der Waals surface area contributed by atoms with Crippen LogP contribution in [0.15, 0.2) is 0 Å². The number of rotatable bonds is 6. The Morgan fingerprint density at radius 2 is 2.00 bits per heavy atom. The van der Waals surface area contributed by atoms with Crippen LogP contribution in [0.5, 0.6) is 0 Å². The van der Waals surface area contributed by atoms with E-state index in [1.54, 1.807) is 26.1 Å². The molecule has 15 heavy (non-hydrogen) atoms. The Balaban J connectivity index is 4.17. The summed E-state index contributed by atoms with van der Waals surface area (Å²) in [6.07, 6.45) is 0.392. The van der Waals surface area contributed by atoms with Crippen LogP contribution in [-0.2, 0) is 4.74 Å². The van der Waals surface area contributed by atoms with E-state index in [0.29, 0.717) is 26.1 Å². The Morgan fingerprint density at radius 3 is 2.40 bits per heavy atom. The smallest absolute Gasteiger partial charge is 0.319 e. The van der Waals surface area contributed by atoms with Crippen molar-refractivity contribution < 1.29 is 9.53 Å². The molecule has 0 atom stereocenters. The summed E-state index contributed by atoms with van der Waals surface area (Å²) in [6, 6.07) is -0.0895. The van der Waals surface area contributed by atoms with E-state index in [-0.39, 0.29) is 11.9 Å². The molecule has 88 valence electrons. The number of urea groups is 1. The number of nitrogens with zero attached hydrogens (tertiary/aromatic N) is 2. The van der Waals surface area contributed by atoms with E-state index in [4.69, 9.17) is 15.9 Å². The molecule has 0 saturated carbocycles. The van der Waals surface area contributed by atoms with Gasteiger partial charge in [0.25, 0.3) is 0 Å². The highest BCUT2D eigenvalue weighted by Crippen LogP contribution is 1.97. The molecule has 0 fully saturated rings. The Labute approximate surface area is 90.5 Å². The van der Waals surface area contributed by atoms with Crippen LogP contribution in [0.1, 0.15) is 6.42 Å². The lowest BCUT2D eigenvalue weighted by Gasteiger charge is -2.25. The van der Waals surface area contributed by atoms with Crippen molar-refractivity contribution in [2.75, 3.05) is 40.9 Å². The number of hydrogen-bond acceptors (Lipinski definition) is 3. The number of amides is 2. The van der Waals surface area contributed by atoms with E-state index in [2.05, 4.69) is 0 Å². The van der Waals surface area contributed by atoms with Crippen molar-refractivity contribution in [1.29, 1.82) is 5.41 Å². The number of nitrogens with one attached hydrogen (secondary N) is 1. The molecule has 0 aliphatic heterocycles. The third-order valence-electron chi connectivity index (χ3n) is 1.87. The minimum Gasteiger partial charge on any atom is -0.388 e. The van der Waals surface area contributed by atoms with Crippen LogP contribution >= 0.6 is 0 Å². The number of methoxy groups -OCH3 is 1. The second-order valence-electron chi connectivity index (χ2n) is 3.43. The highest BCUT2D eigenvalue weighted by atomic mass is 16.5. The van der Waals surface area contributed by atoms with Gasteiger partial charge < -0.3 is 20.3 Å². The first-order valence-electron chi connectivity index (χ1n) is 4.77. The monoisotopic (exact) mass is 216 g/mol. The van der Waals surface area contributed by atoms with Gasteiger partial charge in [0.1, 0.15) is 0 Å². The van der Waals surface area contributed by atoms with Crippen LogP contribution in [0.4, 0.5) is 4.79 Å². The number of carbonyl (C=O) groups excluding carboxylic acids is 1. The predicted molar refractivity (Wildman–Crippen MR) is 59.1 cm³/mol. The van der Waals surface area contributed by atoms with Gasteiger partial charge in [-0.25, -0.2) is 4.79 Å². The highest BCUT2D eigenvalue weighted by Gasteiger charge is 2.14. The van der Waals surface area contributed by atoms with Gasteiger partial charge in [-0.05, 0) is 0 Å². The molecule has 0 saturated heterocycles. The highest BCUT2D eigenvalue weighted by molar-refractivity contribution is 5.78. The molecule has 0 aromatic rings. The maximum absolute atomic E-state index is 11.6. The van der Waals surface area contributed by atoms with Gasteiger partial charge in [0.2, 0.25) is 0 Å². The number of hydrogen-bond donors (Lipinski definition) is 2. The molecule has 6 nitrogen and oxygen atoms in total. The third kappa shape index (κ3) is 5.90. The van der Waals surface area contributed by atoms with E-state index in [1.807, 2.05) is 0 Å². The number of nitrogens with two attached hydrogens (primary N) is 1. The van der Waals surface area contributed by atoms with Crippen molar-refractivity contribution >= 4 is 11.9 Å². The van der Waals surface area contributed by atoms with Gasteiger partial charge in [-0.2, -0.15) is 0 Å². The zero-order chi connectivity index (χ0) is 11.8. The summed E-state index contributed by atoms with van der Waals surface area (Å²) in [5.74, 6) is 0.0870. The molecule has 0 heterocycles. The first kappa shape index (κ1) is 13.7. The molecule has 0 spiro atoms. The van der Waals surface area contributed by atoms with Crippen molar-refractivity contribution in [3.8, 4) is 0 Å². The fourth-order valence-electron chi connectivity index (χ4n) is 1.04. The van der Waals surface area contributed by atoms with E-state index in [9.17, 15) is 4.79 Å². The molecule has 0 aromatic heterocycles. The minimum atomic E-state index is -0.0895. The molecule has 0 aliphatic carbocycles. The summed E-state index contributed by atoms with van der Waals surface area (Å²) in [7, 11) is 4.97. The lowest BCUT2D eigenvalue weighted by Crippen LogP contribution is -2.42. The summed E-state index contributed by atoms with van der Waals surface area (Å²) in [5.41, 5.74) is 5.25. The Kier molecular flexibility index (Phi) is 6.44. The van der Waals surface area contributed by atoms with Crippen molar-refractivity contribution in [3.63, 3.8) is 0 Å². The maximum Gasteiger partial charge on any atom is 0.319 e. The lowest BCUT2D eigenvalue weighted by molar-refractivity contribution is 0.136. The van der Waals surface area contributed by atoms with E-state index < -0.39 is 0 Å². The zero-order valence-electron chi connectivity index (χ0n) is 9.62.